The summed E-state index contributed by atoms with van der Waals surface area (Å²) in [4.78, 5) is 0. The number of hydrogen-bond donors (Lipinski definition) is 0. The quantitative estimate of drug-likeness (QED) is 0.681. The van der Waals surface area contributed by atoms with Crippen molar-refractivity contribution in [2.24, 2.45) is 0 Å². The number of halogens is 1. The SMILES string of the molecule is Cc1cc(F)c(C)c2n[te]nc12. The molecule has 0 saturated carbocycles. The van der Waals surface area contributed by atoms with Gasteiger partial charge in [-0.25, -0.2) is 0 Å². The number of benzene rings is 1. The molecule has 0 aliphatic heterocycles. The number of hydrogen-bond acceptors (Lipinski definition) is 2. The number of nitrogens with zero attached hydrogens (tertiary/aromatic N) is 2. The van der Waals surface area contributed by atoms with E-state index in [9.17, 15) is 4.39 Å². The molecule has 0 fully saturated rings. The fraction of sp³-hybridized carbons (Fsp3) is 0.250. The van der Waals surface area contributed by atoms with Crippen LogP contribution in [0.4, 0.5) is 4.39 Å². The topological polar surface area (TPSA) is 25.8 Å². The summed E-state index contributed by atoms with van der Waals surface area (Å²) in [5.74, 6) is -0.167. The van der Waals surface area contributed by atoms with Crippen LogP contribution in [0.5, 0.6) is 0 Å². The Kier molecular flexibility index (Phi) is 1.90. The van der Waals surface area contributed by atoms with E-state index in [2.05, 4.69) is 6.41 Å². The van der Waals surface area contributed by atoms with Crippen LogP contribution in [0.3, 0.4) is 0 Å². The molecule has 0 aliphatic carbocycles. The van der Waals surface area contributed by atoms with Gasteiger partial charge >= 0.3 is 79.7 Å². The van der Waals surface area contributed by atoms with Gasteiger partial charge in [0.1, 0.15) is 0 Å². The molecule has 0 N–H and O–H groups in total. The second-order valence-corrected chi connectivity index (χ2v) is 4.27. The van der Waals surface area contributed by atoms with Gasteiger partial charge in [0, 0.05) is 0 Å². The van der Waals surface area contributed by atoms with E-state index in [0.29, 0.717) is 5.56 Å². The molecule has 0 amide bonds. The summed E-state index contributed by atoms with van der Waals surface area (Å²) in [6.45, 7) is 3.63. The molecular formula is C8H7FN2Te. The second-order valence-electron chi connectivity index (χ2n) is 2.76. The van der Waals surface area contributed by atoms with Gasteiger partial charge in [-0.3, -0.25) is 0 Å². The van der Waals surface area contributed by atoms with Crippen molar-refractivity contribution in [3.8, 4) is 0 Å². The monoisotopic (exact) mass is 280 g/mol. The van der Waals surface area contributed by atoms with Crippen molar-refractivity contribution >= 4 is 32.0 Å². The molecule has 2 rings (SSSR count). The summed E-state index contributed by atoms with van der Waals surface area (Å²) in [5, 5.41) is 0. The molecule has 1 heterocycles. The van der Waals surface area contributed by atoms with Gasteiger partial charge in [0.2, 0.25) is 0 Å². The van der Waals surface area contributed by atoms with Crippen molar-refractivity contribution in [3.05, 3.63) is 23.0 Å². The Morgan fingerprint density at radius 2 is 1.92 bits per heavy atom. The van der Waals surface area contributed by atoms with Gasteiger partial charge in [0.15, 0.2) is 0 Å². The van der Waals surface area contributed by atoms with Crippen molar-refractivity contribution in [2.45, 2.75) is 13.8 Å². The molecule has 2 aromatic rings. The summed E-state index contributed by atoms with van der Waals surface area (Å²) in [5.41, 5.74) is 3.24. The van der Waals surface area contributed by atoms with E-state index in [4.69, 9.17) is 0 Å². The Labute approximate surface area is 79.8 Å². The number of aromatic nitrogens is 2. The molecule has 1 aromatic carbocycles. The molecule has 0 unspecified atom stereocenters. The maximum absolute atomic E-state index is 13.1. The molecule has 0 atom stereocenters. The molecule has 0 spiro atoms. The van der Waals surface area contributed by atoms with Gasteiger partial charge in [-0.1, -0.05) is 0 Å². The minimum atomic E-state index is -0.613. The average Bonchev–Trinajstić information content (AvgIpc) is 2.48. The zero-order valence-electron chi connectivity index (χ0n) is 6.76. The summed E-state index contributed by atoms with van der Waals surface area (Å²) in [7, 11) is 0. The first-order valence-corrected chi connectivity index (χ1v) is 5.66. The van der Waals surface area contributed by atoms with E-state index in [1.807, 2.05) is 6.92 Å². The fourth-order valence-electron chi connectivity index (χ4n) is 1.17. The molecular weight excluding hydrogens is 271 g/mol. The van der Waals surface area contributed by atoms with Crippen LogP contribution in [0, 0.1) is 19.7 Å². The Balaban J connectivity index is 2.97. The van der Waals surface area contributed by atoms with E-state index in [1.54, 1.807) is 6.92 Å². The predicted octanol–water partition coefficient (Wildman–Crippen LogP) is 1.44. The van der Waals surface area contributed by atoms with Crippen molar-refractivity contribution < 1.29 is 4.39 Å². The van der Waals surface area contributed by atoms with Crippen molar-refractivity contribution in [3.63, 3.8) is 0 Å². The maximum atomic E-state index is 13.1. The zero-order chi connectivity index (χ0) is 8.72. The third kappa shape index (κ3) is 1.07. The van der Waals surface area contributed by atoms with Crippen LogP contribution in [-0.2, 0) is 0 Å². The number of rotatable bonds is 0. The molecule has 0 aliphatic rings. The molecule has 0 saturated heterocycles. The first kappa shape index (κ1) is 8.15. The summed E-state index contributed by atoms with van der Waals surface area (Å²) < 4.78 is 21.7. The normalized spacial score (nSPS) is 10.9. The molecule has 0 bridgehead atoms. The van der Waals surface area contributed by atoms with E-state index in [-0.39, 0.29) is 5.82 Å². The standard InChI is InChI=1S/C8H7FN2Te/c1-4-3-6(9)5(2)8-7(4)10-12-11-8/h3H,1-2H3. The van der Waals surface area contributed by atoms with Gasteiger partial charge < -0.3 is 0 Å². The first-order valence-electron chi connectivity index (χ1n) is 3.58. The van der Waals surface area contributed by atoms with Crippen LogP contribution < -0.4 is 0 Å². The van der Waals surface area contributed by atoms with Crippen LogP contribution in [0.2, 0.25) is 0 Å². The molecule has 4 heteroatoms. The Hall–Kier alpha value is -0.460. The molecule has 0 radical (unpaired) electrons. The Morgan fingerprint density at radius 1 is 1.25 bits per heavy atom. The summed E-state index contributed by atoms with van der Waals surface area (Å²) in [6, 6.07) is 1.53. The zero-order valence-corrected chi connectivity index (χ0v) is 9.09. The van der Waals surface area contributed by atoms with Crippen molar-refractivity contribution in [2.75, 3.05) is 0 Å². The molecule has 62 valence electrons. The van der Waals surface area contributed by atoms with Crippen LogP contribution >= 0.6 is 0 Å². The Morgan fingerprint density at radius 3 is 2.67 bits per heavy atom. The molecule has 1 aromatic heterocycles. The summed E-state index contributed by atoms with van der Waals surface area (Å²) >= 11 is -0.613. The predicted molar refractivity (Wildman–Crippen MR) is 45.9 cm³/mol. The van der Waals surface area contributed by atoms with E-state index < -0.39 is 21.0 Å². The Bertz CT molecular complexity index is 436. The third-order valence-corrected chi connectivity index (χ3v) is 3.43. The fourth-order valence-corrected chi connectivity index (χ4v) is 3.05. The molecule has 12 heavy (non-hydrogen) atoms. The van der Waals surface area contributed by atoms with Crippen LogP contribution in [-0.4, -0.2) is 27.4 Å². The van der Waals surface area contributed by atoms with Crippen LogP contribution in [0.15, 0.2) is 6.07 Å². The first-order chi connectivity index (χ1) is 5.70. The average molecular weight is 278 g/mol. The summed E-state index contributed by atoms with van der Waals surface area (Å²) in [6.07, 6.45) is 0. The van der Waals surface area contributed by atoms with Crippen LogP contribution in [0.25, 0.3) is 11.0 Å². The number of fused-ring (bicyclic) bond motifs is 1. The van der Waals surface area contributed by atoms with E-state index in [1.165, 1.54) is 6.07 Å². The second kappa shape index (κ2) is 2.79. The molecule has 2 nitrogen and oxygen atoms in total. The third-order valence-electron chi connectivity index (χ3n) is 1.92. The van der Waals surface area contributed by atoms with Gasteiger partial charge in [0.25, 0.3) is 0 Å². The van der Waals surface area contributed by atoms with Gasteiger partial charge in [0.05, 0.1) is 0 Å². The van der Waals surface area contributed by atoms with Crippen molar-refractivity contribution in [1.29, 1.82) is 0 Å². The van der Waals surface area contributed by atoms with Gasteiger partial charge in [-0.2, -0.15) is 0 Å². The van der Waals surface area contributed by atoms with E-state index >= 15 is 0 Å². The minimum absolute atomic E-state index is 0.167. The van der Waals surface area contributed by atoms with Crippen molar-refractivity contribution in [1.82, 2.24) is 6.41 Å². The number of aryl methyl sites for hydroxylation is 2. The van der Waals surface area contributed by atoms with Gasteiger partial charge in [-0.05, 0) is 0 Å². The van der Waals surface area contributed by atoms with Gasteiger partial charge in [-0.15, -0.1) is 0 Å². The van der Waals surface area contributed by atoms with Crippen LogP contribution in [0.1, 0.15) is 11.1 Å². The van der Waals surface area contributed by atoms with E-state index in [0.717, 1.165) is 16.6 Å².